The average molecular weight is 458 g/mol. The fraction of sp³-hybridized carbons (Fsp3) is 0.455. The zero-order valence-corrected chi connectivity index (χ0v) is 19.8. The first-order valence-electron chi connectivity index (χ1n) is 10.6. The Hall–Kier alpha value is -2.23. The molecule has 2 aliphatic heterocycles. The van der Waals surface area contributed by atoms with E-state index in [0.29, 0.717) is 32.8 Å². The number of pyridine rings is 1. The fourth-order valence-electron chi connectivity index (χ4n) is 3.83. The van der Waals surface area contributed by atoms with Gasteiger partial charge in [0.2, 0.25) is 0 Å². The van der Waals surface area contributed by atoms with Gasteiger partial charge in [0.15, 0.2) is 0 Å². The largest absolute Gasteiger partial charge is 0.353 e. The highest BCUT2D eigenvalue weighted by molar-refractivity contribution is 8.26. The molecule has 0 radical (unpaired) electrons. The molecule has 2 aliphatic rings. The van der Waals surface area contributed by atoms with E-state index in [4.69, 9.17) is 17.2 Å². The molecule has 2 fully saturated rings. The van der Waals surface area contributed by atoms with E-state index in [1.165, 1.54) is 11.8 Å². The number of piperazine rings is 1. The van der Waals surface area contributed by atoms with Crippen LogP contribution in [0.4, 0.5) is 5.82 Å². The minimum atomic E-state index is -0.165. The highest BCUT2D eigenvalue weighted by Gasteiger charge is 2.32. The molecular formula is C22H27N5O2S2. The first-order valence-corrected chi connectivity index (χ1v) is 11.8. The number of likely N-dealkylation sites (N-methyl/N-ethyl adjacent to an activating group) is 1. The predicted octanol–water partition coefficient (Wildman–Crippen LogP) is 2.76. The maximum atomic E-state index is 13.5. The molecule has 7 nitrogen and oxygen atoms in total. The third-order valence-corrected chi connectivity index (χ3v) is 7.13. The van der Waals surface area contributed by atoms with Gasteiger partial charge in [-0.1, -0.05) is 43.4 Å². The van der Waals surface area contributed by atoms with Crippen molar-refractivity contribution in [2.75, 3.05) is 44.7 Å². The summed E-state index contributed by atoms with van der Waals surface area (Å²) in [5.41, 5.74) is 1.87. The van der Waals surface area contributed by atoms with Crippen LogP contribution >= 0.6 is 24.0 Å². The standard InChI is InChI=1S/C22H27N5O2S2/c1-4-5-8-27-21(29)17(31-22(27)30)14-16-19(25-12-10-24(3)11-13-25)23-18-15(2)7-6-9-26(18)20(16)28/h6-7,9,14H,4-5,8,10-13H2,1-3H3. The molecule has 1 amide bonds. The molecule has 31 heavy (non-hydrogen) atoms. The maximum absolute atomic E-state index is 13.5. The van der Waals surface area contributed by atoms with Crippen LogP contribution in [-0.2, 0) is 4.79 Å². The fourth-order valence-corrected chi connectivity index (χ4v) is 5.12. The van der Waals surface area contributed by atoms with Crippen LogP contribution in [0.15, 0.2) is 28.0 Å². The van der Waals surface area contributed by atoms with E-state index in [9.17, 15) is 9.59 Å². The average Bonchev–Trinajstić information content (AvgIpc) is 3.02. The summed E-state index contributed by atoms with van der Waals surface area (Å²) in [4.78, 5) is 37.9. The molecule has 2 saturated heterocycles. The molecule has 0 unspecified atom stereocenters. The third kappa shape index (κ3) is 4.26. The summed E-state index contributed by atoms with van der Waals surface area (Å²) < 4.78 is 2.12. The van der Waals surface area contributed by atoms with Crippen molar-refractivity contribution in [2.45, 2.75) is 26.7 Å². The Labute approximate surface area is 191 Å². The first-order chi connectivity index (χ1) is 14.9. The van der Waals surface area contributed by atoms with Gasteiger partial charge in [0, 0.05) is 38.9 Å². The van der Waals surface area contributed by atoms with E-state index in [2.05, 4.69) is 23.8 Å². The molecule has 0 N–H and O–H groups in total. The van der Waals surface area contributed by atoms with Crippen molar-refractivity contribution in [3.63, 3.8) is 0 Å². The second kappa shape index (κ2) is 9.10. The van der Waals surface area contributed by atoms with Crippen molar-refractivity contribution < 1.29 is 4.79 Å². The lowest BCUT2D eigenvalue weighted by Crippen LogP contribution is -2.45. The highest BCUT2D eigenvalue weighted by Crippen LogP contribution is 2.33. The number of amides is 1. The zero-order valence-electron chi connectivity index (χ0n) is 18.1. The van der Waals surface area contributed by atoms with Crippen molar-refractivity contribution in [1.82, 2.24) is 19.2 Å². The number of carbonyl (C=O) groups is 1. The molecule has 164 valence electrons. The number of aryl methyl sites for hydroxylation is 1. The van der Waals surface area contributed by atoms with Gasteiger partial charge in [-0.05, 0) is 38.1 Å². The quantitative estimate of drug-likeness (QED) is 0.505. The van der Waals surface area contributed by atoms with Crippen LogP contribution in [0.3, 0.4) is 0 Å². The number of aromatic nitrogens is 2. The Morgan fingerprint density at radius 1 is 1.23 bits per heavy atom. The van der Waals surface area contributed by atoms with Crippen LogP contribution in [-0.4, -0.2) is 69.2 Å². The molecule has 9 heteroatoms. The molecule has 0 bridgehead atoms. The van der Waals surface area contributed by atoms with Crippen molar-refractivity contribution >= 4 is 51.7 Å². The van der Waals surface area contributed by atoms with Crippen LogP contribution in [0, 0.1) is 6.92 Å². The summed E-state index contributed by atoms with van der Waals surface area (Å²) in [5, 5.41) is 0. The van der Waals surface area contributed by atoms with Crippen LogP contribution in [0.5, 0.6) is 0 Å². The topological polar surface area (TPSA) is 61.2 Å². The molecule has 0 atom stereocenters. The Balaban J connectivity index is 1.83. The predicted molar refractivity (Wildman–Crippen MR) is 131 cm³/mol. The number of carbonyl (C=O) groups excluding carboxylic acids is 1. The molecule has 0 aromatic carbocycles. The number of unbranched alkanes of at least 4 members (excludes halogenated alkanes) is 1. The maximum Gasteiger partial charge on any atom is 0.267 e. The van der Waals surface area contributed by atoms with Crippen molar-refractivity contribution in [1.29, 1.82) is 0 Å². The zero-order chi connectivity index (χ0) is 22.1. The molecule has 2 aromatic heterocycles. The number of hydrogen-bond acceptors (Lipinski definition) is 7. The van der Waals surface area contributed by atoms with E-state index in [1.54, 1.807) is 21.6 Å². The van der Waals surface area contributed by atoms with E-state index >= 15 is 0 Å². The molecule has 2 aromatic rings. The minimum absolute atomic E-state index is 0.124. The summed E-state index contributed by atoms with van der Waals surface area (Å²) in [6.45, 7) is 8.00. The normalized spacial score (nSPS) is 19.3. The molecule has 0 aliphatic carbocycles. The van der Waals surface area contributed by atoms with E-state index in [0.717, 1.165) is 44.6 Å². The molecular weight excluding hydrogens is 430 g/mol. The summed E-state index contributed by atoms with van der Waals surface area (Å²) in [5.74, 6) is 0.521. The van der Waals surface area contributed by atoms with Crippen LogP contribution in [0.1, 0.15) is 30.9 Å². The Morgan fingerprint density at radius 3 is 2.68 bits per heavy atom. The second-order valence-corrected chi connectivity index (χ2v) is 9.69. The number of hydrogen-bond donors (Lipinski definition) is 0. The summed E-state index contributed by atoms with van der Waals surface area (Å²) in [7, 11) is 2.09. The number of rotatable bonds is 5. The smallest absolute Gasteiger partial charge is 0.267 e. The van der Waals surface area contributed by atoms with Gasteiger partial charge in [-0.3, -0.25) is 18.9 Å². The van der Waals surface area contributed by atoms with Crippen LogP contribution in [0.25, 0.3) is 11.7 Å². The van der Waals surface area contributed by atoms with Gasteiger partial charge in [-0.2, -0.15) is 0 Å². The molecule has 4 rings (SSSR count). The summed E-state index contributed by atoms with van der Waals surface area (Å²) in [6.07, 6.45) is 5.31. The van der Waals surface area contributed by atoms with Gasteiger partial charge in [-0.25, -0.2) is 4.98 Å². The van der Waals surface area contributed by atoms with Gasteiger partial charge in [-0.15, -0.1) is 0 Å². The molecule has 0 saturated carbocycles. The van der Waals surface area contributed by atoms with Gasteiger partial charge >= 0.3 is 0 Å². The lowest BCUT2D eigenvalue weighted by Gasteiger charge is -2.34. The number of fused-ring (bicyclic) bond motifs is 1. The molecule has 4 heterocycles. The molecule has 0 spiro atoms. The minimum Gasteiger partial charge on any atom is -0.353 e. The van der Waals surface area contributed by atoms with Gasteiger partial charge in [0.05, 0.1) is 10.5 Å². The summed E-state index contributed by atoms with van der Waals surface area (Å²) in [6, 6.07) is 3.79. The Bertz CT molecular complexity index is 1120. The lowest BCUT2D eigenvalue weighted by molar-refractivity contribution is -0.122. The van der Waals surface area contributed by atoms with Gasteiger partial charge < -0.3 is 9.80 Å². The SMILES string of the molecule is CCCCN1C(=O)C(=Cc2c(N3CCN(C)CC3)nc3c(C)cccn3c2=O)SC1=S. The van der Waals surface area contributed by atoms with Gasteiger partial charge in [0.25, 0.3) is 11.5 Å². The monoisotopic (exact) mass is 457 g/mol. The van der Waals surface area contributed by atoms with E-state index in [-0.39, 0.29) is 11.5 Å². The number of anilines is 1. The van der Waals surface area contributed by atoms with Gasteiger partial charge in [0.1, 0.15) is 15.8 Å². The Morgan fingerprint density at radius 2 is 1.97 bits per heavy atom. The third-order valence-electron chi connectivity index (χ3n) is 5.75. The summed E-state index contributed by atoms with van der Waals surface area (Å²) >= 11 is 6.70. The van der Waals surface area contributed by atoms with Crippen molar-refractivity contribution in [3.8, 4) is 0 Å². The number of nitrogens with zero attached hydrogens (tertiary/aromatic N) is 5. The van der Waals surface area contributed by atoms with Crippen molar-refractivity contribution in [2.24, 2.45) is 0 Å². The highest BCUT2D eigenvalue weighted by atomic mass is 32.2. The van der Waals surface area contributed by atoms with E-state index in [1.807, 2.05) is 19.1 Å². The number of thiocarbonyl (C=S) groups is 1. The Kier molecular flexibility index (Phi) is 6.45. The second-order valence-electron chi connectivity index (χ2n) is 8.02. The van der Waals surface area contributed by atoms with Crippen LogP contribution in [0.2, 0.25) is 0 Å². The number of thioether (sulfide) groups is 1. The van der Waals surface area contributed by atoms with E-state index < -0.39 is 0 Å². The lowest BCUT2D eigenvalue weighted by atomic mass is 10.2. The first kappa shape index (κ1) is 22.0. The van der Waals surface area contributed by atoms with Crippen LogP contribution < -0.4 is 10.5 Å². The van der Waals surface area contributed by atoms with Crippen molar-refractivity contribution in [3.05, 3.63) is 44.7 Å².